The number of hydrogen-bond acceptors (Lipinski definition) is 2. The van der Waals surface area contributed by atoms with E-state index in [1.165, 1.54) is 57.8 Å². The van der Waals surface area contributed by atoms with Gasteiger partial charge in [-0.1, -0.05) is 70.4 Å². The minimum Gasteiger partial charge on any atom is -0.481 e. The molecule has 0 radical (unpaired) electrons. The van der Waals surface area contributed by atoms with Gasteiger partial charge in [0.05, 0.1) is 0 Å². The highest BCUT2D eigenvalue weighted by Gasteiger charge is 2.35. The smallest absolute Gasteiger partial charge is 0.303 e. The van der Waals surface area contributed by atoms with E-state index in [0.717, 1.165) is 36.2 Å². The molecule has 134 valence electrons. The lowest BCUT2D eigenvalue weighted by atomic mass is 10.1. The SMILES string of the molecule is CCCCCCCCC1SC1C/C=C\CCCCCCC(=O)O. The maximum Gasteiger partial charge on any atom is 0.303 e. The van der Waals surface area contributed by atoms with Crippen molar-refractivity contribution in [3.8, 4) is 0 Å². The van der Waals surface area contributed by atoms with Gasteiger partial charge in [0.25, 0.3) is 0 Å². The first-order valence-electron chi connectivity index (χ1n) is 9.76. The molecule has 0 spiro atoms. The van der Waals surface area contributed by atoms with Gasteiger partial charge in [-0.2, -0.15) is 11.8 Å². The van der Waals surface area contributed by atoms with E-state index in [9.17, 15) is 4.79 Å². The van der Waals surface area contributed by atoms with Crippen molar-refractivity contribution in [1.29, 1.82) is 0 Å². The van der Waals surface area contributed by atoms with Gasteiger partial charge in [-0.3, -0.25) is 4.79 Å². The second-order valence-corrected chi connectivity index (χ2v) is 8.31. The molecular formula is C20H36O2S. The molecule has 1 N–H and O–H groups in total. The van der Waals surface area contributed by atoms with Gasteiger partial charge in [-0.15, -0.1) is 0 Å². The van der Waals surface area contributed by atoms with E-state index in [1.54, 1.807) is 0 Å². The van der Waals surface area contributed by atoms with Gasteiger partial charge in [-0.05, 0) is 32.1 Å². The van der Waals surface area contributed by atoms with E-state index in [2.05, 4.69) is 30.8 Å². The predicted molar refractivity (Wildman–Crippen MR) is 102 cm³/mol. The molecule has 1 heterocycles. The Kier molecular flexibility index (Phi) is 12.5. The Morgan fingerprint density at radius 2 is 1.61 bits per heavy atom. The summed E-state index contributed by atoms with van der Waals surface area (Å²) in [6.45, 7) is 2.28. The van der Waals surface area contributed by atoms with Crippen molar-refractivity contribution < 1.29 is 9.90 Å². The number of unbranched alkanes of at least 4 members (excludes halogenated alkanes) is 9. The fourth-order valence-corrected chi connectivity index (χ4v) is 4.14. The fraction of sp³-hybridized carbons (Fsp3) is 0.850. The van der Waals surface area contributed by atoms with Crippen LogP contribution in [0, 0.1) is 0 Å². The highest BCUT2D eigenvalue weighted by atomic mass is 32.2. The molecule has 2 atom stereocenters. The lowest BCUT2D eigenvalue weighted by Crippen LogP contribution is -1.93. The first-order valence-corrected chi connectivity index (χ1v) is 10.7. The molecule has 0 aromatic heterocycles. The van der Waals surface area contributed by atoms with Crippen LogP contribution >= 0.6 is 11.8 Å². The highest BCUT2D eigenvalue weighted by molar-refractivity contribution is 8.07. The third-order valence-electron chi connectivity index (χ3n) is 4.58. The number of allylic oxidation sites excluding steroid dienone is 2. The number of rotatable bonds is 16. The molecular weight excluding hydrogens is 304 g/mol. The predicted octanol–water partition coefficient (Wildman–Crippen LogP) is 6.59. The van der Waals surface area contributed by atoms with Crippen LogP contribution in [0.3, 0.4) is 0 Å². The average molecular weight is 341 g/mol. The van der Waals surface area contributed by atoms with Crippen molar-refractivity contribution in [1.82, 2.24) is 0 Å². The summed E-state index contributed by atoms with van der Waals surface area (Å²) >= 11 is 2.18. The average Bonchev–Trinajstić information content (AvgIpc) is 3.27. The van der Waals surface area contributed by atoms with Gasteiger partial charge in [0, 0.05) is 16.9 Å². The van der Waals surface area contributed by atoms with Crippen molar-refractivity contribution in [3.05, 3.63) is 12.2 Å². The number of carbonyl (C=O) groups is 1. The molecule has 0 aliphatic carbocycles. The molecule has 1 rings (SSSR count). The molecule has 1 fully saturated rings. The zero-order chi connectivity index (χ0) is 16.8. The largest absolute Gasteiger partial charge is 0.481 e. The highest BCUT2D eigenvalue weighted by Crippen LogP contribution is 2.46. The van der Waals surface area contributed by atoms with Crippen LogP contribution in [0.1, 0.15) is 96.8 Å². The van der Waals surface area contributed by atoms with Crippen LogP contribution in [0.25, 0.3) is 0 Å². The van der Waals surface area contributed by atoms with Crippen LogP contribution in [-0.2, 0) is 4.79 Å². The lowest BCUT2D eigenvalue weighted by molar-refractivity contribution is -0.137. The van der Waals surface area contributed by atoms with E-state index >= 15 is 0 Å². The topological polar surface area (TPSA) is 37.3 Å². The van der Waals surface area contributed by atoms with E-state index in [-0.39, 0.29) is 0 Å². The quantitative estimate of drug-likeness (QED) is 0.195. The summed E-state index contributed by atoms with van der Waals surface area (Å²) in [7, 11) is 0. The minimum atomic E-state index is -0.664. The molecule has 0 bridgehead atoms. The molecule has 0 aromatic rings. The van der Waals surface area contributed by atoms with Gasteiger partial charge in [0.2, 0.25) is 0 Å². The molecule has 0 amide bonds. The molecule has 2 nitrogen and oxygen atoms in total. The van der Waals surface area contributed by atoms with Gasteiger partial charge >= 0.3 is 5.97 Å². The number of carboxylic acids is 1. The molecule has 0 aromatic carbocycles. The summed E-state index contributed by atoms with van der Waals surface area (Å²) in [6, 6.07) is 0. The van der Waals surface area contributed by atoms with Crippen LogP contribution in [0.5, 0.6) is 0 Å². The fourth-order valence-electron chi connectivity index (χ4n) is 3.01. The number of carboxylic acid groups (broad SMARTS) is 1. The summed E-state index contributed by atoms with van der Waals surface area (Å²) in [6.07, 6.45) is 21.6. The Balaban J connectivity index is 1.81. The van der Waals surface area contributed by atoms with Gasteiger partial charge < -0.3 is 5.11 Å². The zero-order valence-corrected chi connectivity index (χ0v) is 15.8. The van der Waals surface area contributed by atoms with Crippen LogP contribution in [-0.4, -0.2) is 21.6 Å². The van der Waals surface area contributed by atoms with Crippen LogP contribution in [0.15, 0.2) is 12.2 Å². The maximum absolute atomic E-state index is 10.4. The van der Waals surface area contributed by atoms with Crippen molar-refractivity contribution in [2.24, 2.45) is 0 Å². The third kappa shape index (κ3) is 12.6. The molecule has 1 saturated heterocycles. The second kappa shape index (κ2) is 13.9. The van der Waals surface area contributed by atoms with Crippen molar-refractivity contribution in [3.63, 3.8) is 0 Å². The van der Waals surface area contributed by atoms with E-state index in [4.69, 9.17) is 5.11 Å². The normalized spacial score (nSPS) is 20.2. The zero-order valence-electron chi connectivity index (χ0n) is 15.0. The van der Waals surface area contributed by atoms with Crippen molar-refractivity contribution >= 4 is 17.7 Å². The summed E-state index contributed by atoms with van der Waals surface area (Å²) in [5.41, 5.74) is 0. The summed E-state index contributed by atoms with van der Waals surface area (Å²) < 4.78 is 0. The molecule has 23 heavy (non-hydrogen) atoms. The molecule has 1 aliphatic rings. The number of thioether (sulfide) groups is 1. The van der Waals surface area contributed by atoms with Gasteiger partial charge in [0.15, 0.2) is 0 Å². The van der Waals surface area contributed by atoms with E-state index in [0.29, 0.717) is 6.42 Å². The van der Waals surface area contributed by atoms with Crippen molar-refractivity contribution in [2.75, 3.05) is 0 Å². The standard InChI is InChI=1S/C20H36O2S/c1-2-3-4-5-9-12-15-18-19(23-18)16-13-10-7-6-8-11-14-17-20(21)22/h10,13,18-19H,2-9,11-12,14-17H2,1H3,(H,21,22)/b13-10-. The monoisotopic (exact) mass is 340 g/mol. The van der Waals surface area contributed by atoms with Crippen molar-refractivity contribution in [2.45, 2.75) is 107 Å². The Morgan fingerprint density at radius 1 is 0.913 bits per heavy atom. The summed E-state index contributed by atoms with van der Waals surface area (Å²) in [5.74, 6) is -0.664. The van der Waals surface area contributed by atoms with Crippen LogP contribution in [0.2, 0.25) is 0 Å². The van der Waals surface area contributed by atoms with E-state index in [1.807, 2.05) is 0 Å². The first kappa shape index (κ1) is 20.6. The lowest BCUT2D eigenvalue weighted by Gasteiger charge is -1.99. The molecule has 1 aliphatic heterocycles. The van der Waals surface area contributed by atoms with Crippen LogP contribution < -0.4 is 0 Å². The molecule has 3 heteroatoms. The summed E-state index contributed by atoms with van der Waals surface area (Å²) in [5, 5.41) is 10.4. The Hall–Kier alpha value is -0.440. The Morgan fingerprint density at radius 3 is 2.39 bits per heavy atom. The van der Waals surface area contributed by atoms with Gasteiger partial charge in [-0.25, -0.2) is 0 Å². The minimum absolute atomic E-state index is 0.328. The number of aliphatic carboxylic acids is 1. The molecule has 0 saturated carbocycles. The summed E-state index contributed by atoms with van der Waals surface area (Å²) in [4.78, 5) is 10.4. The van der Waals surface area contributed by atoms with Gasteiger partial charge in [0.1, 0.15) is 0 Å². The Labute approximate surface area is 147 Å². The third-order valence-corrected chi connectivity index (χ3v) is 6.05. The maximum atomic E-state index is 10.4. The number of hydrogen-bond donors (Lipinski definition) is 1. The Bertz CT molecular complexity index is 328. The van der Waals surface area contributed by atoms with E-state index < -0.39 is 5.97 Å². The second-order valence-electron chi connectivity index (χ2n) is 6.82. The first-order chi connectivity index (χ1) is 11.2. The van der Waals surface area contributed by atoms with Crippen LogP contribution in [0.4, 0.5) is 0 Å². The molecule has 2 unspecified atom stereocenters.